The Labute approximate surface area is 158 Å². The van der Waals surface area contributed by atoms with E-state index in [-0.39, 0.29) is 11.8 Å². The van der Waals surface area contributed by atoms with E-state index in [2.05, 4.69) is 21.5 Å². The largest absolute Gasteiger partial charge is 0.591 e. The molecule has 1 amide bonds. The van der Waals surface area contributed by atoms with Crippen molar-refractivity contribution < 1.29 is 9.35 Å². The summed E-state index contributed by atoms with van der Waals surface area (Å²) < 4.78 is 16.1. The number of rotatable bonds is 4. The maximum atomic E-state index is 12.2. The molecule has 0 saturated carbocycles. The molecule has 1 fully saturated rings. The summed E-state index contributed by atoms with van der Waals surface area (Å²) in [5, 5.41) is 2.90. The first kappa shape index (κ1) is 19.2. The van der Waals surface area contributed by atoms with Crippen LogP contribution in [0.25, 0.3) is 0 Å². The molecule has 0 spiro atoms. The molecule has 6 nitrogen and oxygen atoms in total. The van der Waals surface area contributed by atoms with Crippen molar-refractivity contribution in [3.8, 4) is 0 Å². The summed E-state index contributed by atoms with van der Waals surface area (Å²) in [4.78, 5) is 19.4. The van der Waals surface area contributed by atoms with Crippen LogP contribution in [0.4, 0.5) is 5.82 Å². The zero-order chi connectivity index (χ0) is 19.1. The Morgan fingerprint density at radius 1 is 1.50 bits per heavy atom. The standard InChI is InChI=1S/C19H28N4O2S/c1-12(10-21-26(25)19(3,4)5)17-15-11-20-18(24)14(15)9-16(22-17)23-8-6-7-13(23)2/h9-10,12-13H,6-8,11H2,1-5H3,(H,20,24)/t12?,13-,26?/m1/s1. The Morgan fingerprint density at radius 2 is 2.23 bits per heavy atom. The molecule has 3 rings (SSSR count). The summed E-state index contributed by atoms with van der Waals surface area (Å²) in [5.74, 6) is 0.706. The first-order valence-electron chi connectivity index (χ1n) is 9.23. The molecular weight excluding hydrogens is 348 g/mol. The number of fused-ring (bicyclic) bond motifs is 1. The van der Waals surface area contributed by atoms with Crippen molar-refractivity contribution >= 4 is 29.3 Å². The van der Waals surface area contributed by atoms with E-state index in [1.165, 1.54) is 0 Å². The monoisotopic (exact) mass is 376 g/mol. The van der Waals surface area contributed by atoms with E-state index < -0.39 is 16.1 Å². The van der Waals surface area contributed by atoms with Crippen LogP contribution >= 0.6 is 0 Å². The number of amides is 1. The number of anilines is 1. The number of carbonyl (C=O) groups excluding carboxylic acids is 1. The Bertz CT molecular complexity index is 729. The molecule has 1 aromatic heterocycles. The van der Waals surface area contributed by atoms with Crippen LogP contribution in [0, 0.1) is 0 Å². The molecule has 142 valence electrons. The van der Waals surface area contributed by atoms with Gasteiger partial charge in [-0.2, -0.15) is 0 Å². The smallest absolute Gasteiger partial charge is 0.252 e. The van der Waals surface area contributed by atoms with Crippen LogP contribution in [-0.4, -0.2) is 39.0 Å². The molecule has 3 heterocycles. The number of carbonyl (C=O) groups is 1. The minimum absolute atomic E-state index is 0.0424. The Balaban J connectivity index is 1.95. The fourth-order valence-electron chi connectivity index (χ4n) is 3.40. The number of pyridine rings is 1. The van der Waals surface area contributed by atoms with Crippen molar-refractivity contribution in [3.63, 3.8) is 0 Å². The Morgan fingerprint density at radius 3 is 2.85 bits per heavy atom. The first-order chi connectivity index (χ1) is 12.2. The highest BCUT2D eigenvalue weighted by Crippen LogP contribution is 2.31. The van der Waals surface area contributed by atoms with Crippen LogP contribution < -0.4 is 10.2 Å². The van der Waals surface area contributed by atoms with Gasteiger partial charge >= 0.3 is 0 Å². The van der Waals surface area contributed by atoms with E-state index in [1.54, 1.807) is 6.21 Å². The lowest BCUT2D eigenvalue weighted by atomic mass is 10.00. The molecule has 0 aromatic carbocycles. The second kappa shape index (κ2) is 7.19. The van der Waals surface area contributed by atoms with Crippen molar-refractivity contribution in [1.82, 2.24) is 10.3 Å². The van der Waals surface area contributed by atoms with Crippen LogP contribution in [-0.2, 0) is 17.9 Å². The summed E-state index contributed by atoms with van der Waals surface area (Å²) in [6.45, 7) is 11.3. The van der Waals surface area contributed by atoms with E-state index >= 15 is 0 Å². The van der Waals surface area contributed by atoms with Crippen molar-refractivity contribution in [2.45, 2.75) is 70.7 Å². The van der Waals surface area contributed by atoms with Gasteiger partial charge in [0.15, 0.2) is 0 Å². The maximum Gasteiger partial charge on any atom is 0.252 e. The van der Waals surface area contributed by atoms with Gasteiger partial charge in [0.2, 0.25) is 0 Å². The molecule has 2 aliphatic heterocycles. The van der Waals surface area contributed by atoms with Gasteiger partial charge in [-0.05, 0) is 46.6 Å². The van der Waals surface area contributed by atoms with Crippen LogP contribution in [0.3, 0.4) is 0 Å². The Hall–Kier alpha value is -1.60. The zero-order valence-electron chi connectivity index (χ0n) is 16.2. The predicted molar refractivity (Wildman–Crippen MR) is 106 cm³/mol. The molecule has 0 bridgehead atoms. The lowest BCUT2D eigenvalue weighted by molar-refractivity contribution is 0.0965. The van der Waals surface area contributed by atoms with Crippen molar-refractivity contribution in [3.05, 3.63) is 22.9 Å². The van der Waals surface area contributed by atoms with Gasteiger partial charge in [-0.3, -0.25) is 4.79 Å². The lowest BCUT2D eigenvalue weighted by Crippen LogP contribution is -2.28. The highest BCUT2D eigenvalue weighted by Gasteiger charge is 2.30. The number of nitrogens with one attached hydrogen (secondary N) is 1. The third kappa shape index (κ3) is 3.74. The van der Waals surface area contributed by atoms with Crippen LogP contribution in [0.5, 0.6) is 0 Å². The molecule has 2 unspecified atom stereocenters. The third-order valence-electron chi connectivity index (χ3n) is 5.00. The van der Waals surface area contributed by atoms with E-state index in [0.29, 0.717) is 18.2 Å². The summed E-state index contributed by atoms with van der Waals surface area (Å²) in [7, 11) is 0. The topological polar surface area (TPSA) is 80.7 Å². The fraction of sp³-hybridized carbons (Fsp3) is 0.632. The zero-order valence-corrected chi connectivity index (χ0v) is 17.0. The molecule has 0 radical (unpaired) electrons. The van der Waals surface area contributed by atoms with E-state index in [4.69, 9.17) is 4.98 Å². The lowest BCUT2D eigenvalue weighted by Gasteiger charge is -2.24. The summed E-state index contributed by atoms with van der Waals surface area (Å²) in [6, 6.07) is 2.34. The highest BCUT2D eigenvalue weighted by molar-refractivity contribution is 7.91. The average molecular weight is 377 g/mol. The van der Waals surface area contributed by atoms with Crippen LogP contribution in [0.2, 0.25) is 0 Å². The molecule has 2 aliphatic rings. The van der Waals surface area contributed by atoms with Gasteiger partial charge in [0.25, 0.3) is 5.91 Å². The molecule has 0 aliphatic carbocycles. The van der Waals surface area contributed by atoms with Crippen molar-refractivity contribution in [2.75, 3.05) is 11.4 Å². The fourth-order valence-corrected chi connectivity index (χ4v) is 4.01. The summed E-state index contributed by atoms with van der Waals surface area (Å²) >= 11 is -1.30. The number of hydrogen-bond acceptors (Lipinski definition) is 5. The van der Waals surface area contributed by atoms with Gasteiger partial charge in [0, 0.05) is 36.2 Å². The van der Waals surface area contributed by atoms with Crippen molar-refractivity contribution in [1.29, 1.82) is 0 Å². The quantitative estimate of drug-likeness (QED) is 0.647. The van der Waals surface area contributed by atoms with Crippen LogP contribution in [0.15, 0.2) is 10.5 Å². The summed E-state index contributed by atoms with van der Waals surface area (Å²) in [6.07, 6.45) is 3.99. The van der Waals surface area contributed by atoms with Crippen LogP contribution in [0.1, 0.15) is 75.0 Å². The molecule has 1 saturated heterocycles. The average Bonchev–Trinajstić information content (AvgIpc) is 3.16. The number of hydrogen-bond donors (Lipinski definition) is 1. The first-order valence-corrected chi connectivity index (χ1v) is 10.3. The van der Waals surface area contributed by atoms with Gasteiger partial charge in [0.05, 0.1) is 11.9 Å². The SMILES string of the molecule is CC(C=N[S+]([O-])C(C)(C)C)c1nc(N2CCC[C@H]2C)cc2c1CNC2=O. The minimum atomic E-state index is -1.30. The highest BCUT2D eigenvalue weighted by atomic mass is 32.2. The van der Waals surface area contributed by atoms with Gasteiger partial charge in [-0.15, -0.1) is 0 Å². The molecular formula is C19H28N4O2S. The number of nitrogens with zero attached hydrogens (tertiary/aromatic N) is 3. The van der Waals surface area contributed by atoms with E-state index in [9.17, 15) is 9.35 Å². The molecule has 1 N–H and O–H groups in total. The normalized spacial score (nSPS) is 22.6. The molecule has 3 atom stereocenters. The third-order valence-corrected chi connectivity index (χ3v) is 6.36. The molecule has 26 heavy (non-hydrogen) atoms. The summed E-state index contributed by atoms with van der Waals surface area (Å²) in [5.41, 5.74) is 2.50. The van der Waals surface area contributed by atoms with Gasteiger partial charge in [-0.25, -0.2) is 4.98 Å². The maximum absolute atomic E-state index is 12.2. The second-order valence-corrected chi connectivity index (χ2v) is 10.1. The van der Waals surface area contributed by atoms with E-state index in [1.807, 2.05) is 33.8 Å². The second-order valence-electron chi connectivity index (χ2n) is 8.16. The van der Waals surface area contributed by atoms with Gasteiger partial charge in [-0.1, -0.05) is 11.3 Å². The molecule has 7 heteroatoms. The predicted octanol–water partition coefficient (Wildman–Crippen LogP) is 2.95. The van der Waals surface area contributed by atoms with E-state index in [0.717, 1.165) is 36.5 Å². The minimum Gasteiger partial charge on any atom is -0.591 e. The van der Waals surface area contributed by atoms with Gasteiger partial charge < -0.3 is 14.8 Å². The van der Waals surface area contributed by atoms with Gasteiger partial charge in [0.1, 0.15) is 21.9 Å². The molecule has 1 aromatic rings. The number of aromatic nitrogens is 1. The Kier molecular flexibility index (Phi) is 5.30. The van der Waals surface area contributed by atoms with Crippen molar-refractivity contribution in [2.24, 2.45) is 4.40 Å².